The van der Waals surface area contributed by atoms with Gasteiger partial charge in [0.15, 0.2) is 9.84 Å². The monoisotopic (exact) mass is 383 g/mol. The van der Waals surface area contributed by atoms with E-state index in [1.54, 1.807) is 12.1 Å². The highest BCUT2D eigenvalue weighted by molar-refractivity contribution is 7.91. The zero-order valence-electron chi connectivity index (χ0n) is 14.3. The van der Waals surface area contributed by atoms with Crippen molar-refractivity contribution in [2.24, 2.45) is 5.92 Å². The molecule has 1 atom stereocenters. The summed E-state index contributed by atoms with van der Waals surface area (Å²) in [6.07, 6.45) is 0.661. The average Bonchev–Trinajstić information content (AvgIpc) is 3.13. The van der Waals surface area contributed by atoms with Gasteiger partial charge in [-0.2, -0.15) is 0 Å². The average molecular weight is 384 g/mol. The quantitative estimate of drug-likeness (QED) is 0.759. The maximum Gasteiger partial charge on any atom is 0.204 e. The number of nitrogens with zero attached hydrogens (tertiary/aromatic N) is 5. The third-order valence-electron chi connectivity index (χ3n) is 4.19. The summed E-state index contributed by atoms with van der Waals surface area (Å²) < 4.78 is 23.6. The van der Waals surface area contributed by atoms with Crippen LogP contribution in [0.3, 0.4) is 0 Å². The first kappa shape index (κ1) is 18.3. The van der Waals surface area contributed by atoms with Crippen molar-refractivity contribution in [3.05, 3.63) is 29.3 Å². The number of hydrogen-bond acceptors (Lipinski definition) is 6. The topological polar surface area (TPSA) is 81.0 Å². The summed E-state index contributed by atoms with van der Waals surface area (Å²) in [5.74, 6) is 1.41. The normalized spacial score (nSPS) is 19.8. The van der Waals surface area contributed by atoms with Gasteiger partial charge in [0.2, 0.25) is 5.82 Å². The van der Waals surface area contributed by atoms with Crippen molar-refractivity contribution in [3.63, 3.8) is 0 Å². The lowest BCUT2D eigenvalue weighted by Crippen LogP contribution is -2.40. The number of sulfone groups is 1. The molecule has 25 heavy (non-hydrogen) atoms. The van der Waals surface area contributed by atoms with Crippen LogP contribution in [0.2, 0.25) is 5.02 Å². The van der Waals surface area contributed by atoms with Crippen LogP contribution in [0, 0.1) is 5.92 Å². The first-order chi connectivity index (χ1) is 11.8. The predicted molar refractivity (Wildman–Crippen MR) is 96.9 cm³/mol. The molecule has 2 aromatic rings. The van der Waals surface area contributed by atoms with Gasteiger partial charge >= 0.3 is 0 Å². The summed E-state index contributed by atoms with van der Waals surface area (Å²) in [5, 5.41) is 13.3. The molecule has 0 amide bonds. The molecular formula is C16H22ClN5O2S. The Labute approximate surface area is 152 Å². The van der Waals surface area contributed by atoms with Crippen molar-refractivity contribution >= 4 is 21.4 Å². The molecule has 0 saturated carbocycles. The number of halogens is 1. The molecule has 0 spiro atoms. The van der Waals surface area contributed by atoms with Gasteiger partial charge in [0.1, 0.15) is 6.67 Å². The number of benzene rings is 1. The van der Waals surface area contributed by atoms with Gasteiger partial charge in [-0.25, -0.2) is 8.42 Å². The van der Waals surface area contributed by atoms with E-state index in [1.165, 1.54) is 4.80 Å². The molecule has 0 aliphatic carbocycles. The lowest BCUT2D eigenvalue weighted by molar-refractivity contribution is 0.128. The fourth-order valence-corrected chi connectivity index (χ4v) is 4.92. The van der Waals surface area contributed by atoms with E-state index >= 15 is 0 Å². The summed E-state index contributed by atoms with van der Waals surface area (Å²) in [6.45, 7) is 5.45. The van der Waals surface area contributed by atoms with E-state index in [1.807, 2.05) is 12.1 Å². The maximum atomic E-state index is 11.8. The lowest BCUT2D eigenvalue weighted by atomic mass is 10.1. The van der Waals surface area contributed by atoms with E-state index in [4.69, 9.17) is 11.6 Å². The molecular weight excluding hydrogens is 362 g/mol. The molecule has 9 heteroatoms. The van der Waals surface area contributed by atoms with Crippen LogP contribution >= 0.6 is 11.6 Å². The fourth-order valence-electron chi connectivity index (χ4n) is 3.03. The van der Waals surface area contributed by atoms with Crippen LogP contribution in [0.25, 0.3) is 11.4 Å². The lowest BCUT2D eigenvalue weighted by Gasteiger charge is -2.28. The molecule has 1 fully saturated rings. The summed E-state index contributed by atoms with van der Waals surface area (Å²) in [5.41, 5.74) is 0.842. The van der Waals surface area contributed by atoms with Crippen LogP contribution in [-0.2, 0) is 16.5 Å². The van der Waals surface area contributed by atoms with Crippen LogP contribution in [0.4, 0.5) is 0 Å². The summed E-state index contributed by atoms with van der Waals surface area (Å²) in [7, 11) is -2.93. The minimum Gasteiger partial charge on any atom is -0.279 e. The molecule has 1 aromatic heterocycles. The van der Waals surface area contributed by atoms with Crippen LogP contribution < -0.4 is 0 Å². The highest BCUT2D eigenvalue weighted by atomic mass is 35.5. The number of tetrazole rings is 1. The van der Waals surface area contributed by atoms with Crippen LogP contribution in [-0.4, -0.2) is 57.6 Å². The van der Waals surface area contributed by atoms with Gasteiger partial charge in [-0.15, -0.1) is 15.0 Å². The molecule has 7 nitrogen and oxygen atoms in total. The smallest absolute Gasteiger partial charge is 0.204 e. The largest absolute Gasteiger partial charge is 0.279 e. The molecule has 1 aliphatic rings. The molecule has 136 valence electrons. The molecule has 3 rings (SSSR count). The van der Waals surface area contributed by atoms with Gasteiger partial charge < -0.3 is 0 Å². The summed E-state index contributed by atoms with van der Waals surface area (Å²) in [6, 6.07) is 7.27. The van der Waals surface area contributed by atoms with Crippen molar-refractivity contribution in [3.8, 4) is 11.4 Å². The minimum absolute atomic E-state index is 0.0115. The van der Waals surface area contributed by atoms with Gasteiger partial charge in [0.05, 0.1) is 11.5 Å². The van der Waals surface area contributed by atoms with Gasteiger partial charge in [0.25, 0.3) is 0 Å². The van der Waals surface area contributed by atoms with E-state index in [9.17, 15) is 8.42 Å². The molecule has 1 aromatic carbocycles. The number of rotatable bonds is 6. The van der Waals surface area contributed by atoms with Crippen molar-refractivity contribution in [1.82, 2.24) is 25.1 Å². The number of hydrogen-bond donors (Lipinski definition) is 0. The van der Waals surface area contributed by atoms with Gasteiger partial charge in [-0.05, 0) is 41.8 Å². The third kappa shape index (κ3) is 4.77. The predicted octanol–water partition coefficient (Wildman–Crippen LogP) is 2.10. The Morgan fingerprint density at radius 1 is 1.32 bits per heavy atom. The Morgan fingerprint density at radius 3 is 2.64 bits per heavy atom. The highest BCUT2D eigenvalue weighted by Gasteiger charge is 2.32. The van der Waals surface area contributed by atoms with E-state index in [0.29, 0.717) is 29.9 Å². The first-order valence-electron chi connectivity index (χ1n) is 8.30. The molecule has 0 unspecified atom stereocenters. The molecule has 0 radical (unpaired) electrons. The Balaban J connectivity index is 1.75. The summed E-state index contributed by atoms with van der Waals surface area (Å²) in [4.78, 5) is 3.67. The summed E-state index contributed by atoms with van der Waals surface area (Å²) >= 11 is 5.90. The van der Waals surface area contributed by atoms with E-state index in [-0.39, 0.29) is 17.5 Å². The van der Waals surface area contributed by atoms with E-state index in [0.717, 1.165) is 12.1 Å². The number of aromatic nitrogens is 4. The van der Waals surface area contributed by atoms with Crippen molar-refractivity contribution in [2.75, 3.05) is 18.1 Å². The second-order valence-electron chi connectivity index (χ2n) is 6.86. The Bertz CT molecular complexity index is 819. The molecule has 1 saturated heterocycles. The molecule has 0 N–H and O–H groups in total. The van der Waals surface area contributed by atoms with Crippen LogP contribution in [0.15, 0.2) is 24.3 Å². The zero-order chi connectivity index (χ0) is 18.0. The van der Waals surface area contributed by atoms with Gasteiger partial charge in [-0.3, -0.25) is 4.90 Å². The Morgan fingerprint density at radius 2 is 2.04 bits per heavy atom. The van der Waals surface area contributed by atoms with E-state index in [2.05, 4.69) is 34.2 Å². The SMILES string of the molecule is CC(C)CN(Cn1nnc(-c2ccc(Cl)cc2)n1)[C@@H]1CCS(=O)(=O)C1. The van der Waals surface area contributed by atoms with E-state index < -0.39 is 9.84 Å². The zero-order valence-corrected chi connectivity index (χ0v) is 15.9. The van der Waals surface area contributed by atoms with Crippen LogP contribution in [0.1, 0.15) is 20.3 Å². The second-order valence-corrected chi connectivity index (χ2v) is 9.52. The first-order valence-corrected chi connectivity index (χ1v) is 10.5. The highest BCUT2D eigenvalue weighted by Crippen LogP contribution is 2.20. The fraction of sp³-hybridized carbons (Fsp3) is 0.562. The van der Waals surface area contributed by atoms with Gasteiger partial charge in [0, 0.05) is 23.2 Å². The van der Waals surface area contributed by atoms with Crippen molar-refractivity contribution in [1.29, 1.82) is 0 Å². The van der Waals surface area contributed by atoms with Crippen molar-refractivity contribution < 1.29 is 8.42 Å². The minimum atomic E-state index is -2.93. The van der Waals surface area contributed by atoms with Crippen molar-refractivity contribution in [2.45, 2.75) is 33.0 Å². The molecule has 1 aliphatic heterocycles. The van der Waals surface area contributed by atoms with Gasteiger partial charge in [-0.1, -0.05) is 25.4 Å². The Hall–Kier alpha value is -1.51. The Kier molecular flexibility index (Phi) is 5.41. The third-order valence-corrected chi connectivity index (χ3v) is 6.19. The molecule has 0 bridgehead atoms. The molecule has 2 heterocycles. The standard InChI is InChI=1S/C16H22ClN5O2S/c1-12(2)9-21(15-7-8-25(23,24)10-15)11-22-19-16(18-20-22)13-3-5-14(17)6-4-13/h3-6,12,15H,7-11H2,1-2H3/t15-/m1/s1. The van der Waals surface area contributed by atoms with Crippen LogP contribution in [0.5, 0.6) is 0 Å². The maximum absolute atomic E-state index is 11.8. The second kappa shape index (κ2) is 7.39.